The molecule has 1 saturated heterocycles. The summed E-state index contributed by atoms with van der Waals surface area (Å²) < 4.78 is 13.5. The highest BCUT2D eigenvalue weighted by Gasteiger charge is 2.33. The second kappa shape index (κ2) is 8.07. The van der Waals surface area contributed by atoms with E-state index in [-0.39, 0.29) is 12.5 Å². The molecule has 7 heteroatoms. The smallest absolute Gasteiger partial charge is 0.253 e. The van der Waals surface area contributed by atoms with Gasteiger partial charge in [-0.2, -0.15) is 0 Å². The zero-order chi connectivity index (χ0) is 20.6. The topological polar surface area (TPSA) is 65.5 Å². The first-order chi connectivity index (χ1) is 13.8. The van der Waals surface area contributed by atoms with Crippen LogP contribution in [0.15, 0.2) is 24.3 Å². The van der Waals surface area contributed by atoms with Gasteiger partial charge in [0.15, 0.2) is 0 Å². The molecular formula is C22H27ClFN3O2. The van der Waals surface area contributed by atoms with E-state index in [9.17, 15) is 14.3 Å². The van der Waals surface area contributed by atoms with Crippen LogP contribution in [-0.2, 0) is 0 Å². The average Bonchev–Trinajstić information content (AvgIpc) is 3.12. The van der Waals surface area contributed by atoms with Crippen molar-refractivity contribution in [1.29, 1.82) is 0 Å². The molecule has 1 amide bonds. The van der Waals surface area contributed by atoms with E-state index in [2.05, 4.69) is 17.2 Å². The molecule has 2 N–H and O–H groups in total. The van der Waals surface area contributed by atoms with Gasteiger partial charge in [0.2, 0.25) is 0 Å². The van der Waals surface area contributed by atoms with Crippen molar-refractivity contribution in [2.24, 2.45) is 5.92 Å². The van der Waals surface area contributed by atoms with E-state index in [4.69, 9.17) is 11.6 Å². The maximum absolute atomic E-state index is 13.5. The number of carbonyl (C=O) groups excluding carboxylic acids is 1. The molecule has 1 aromatic heterocycles. The number of hydrogen-bond acceptors (Lipinski definition) is 4. The lowest BCUT2D eigenvalue weighted by molar-refractivity contribution is -0.0109. The summed E-state index contributed by atoms with van der Waals surface area (Å²) in [6.45, 7) is 3.32. The second-order valence-electron chi connectivity index (χ2n) is 8.60. The molecule has 0 radical (unpaired) electrons. The molecule has 1 aliphatic heterocycles. The third kappa shape index (κ3) is 4.33. The molecule has 0 spiro atoms. The monoisotopic (exact) mass is 419 g/mol. The number of nitrogens with zero attached hydrogens (tertiary/aromatic N) is 2. The number of halogens is 2. The van der Waals surface area contributed by atoms with Gasteiger partial charge >= 0.3 is 0 Å². The van der Waals surface area contributed by atoms with Gasteiger partial charge in [-0.05, 0) is 49.4 Å². The van der Waals surface area contributed by atoms with Crippen molar-refractivity contribution in [3.8, 4) is 0 Å². The van der Waals surface area contributed by atoms with Crippen molar-refractivity contribution < 1.29 is 14.3 Å². The van der Waals surface area contributed by atoms with Gasteiger partial charge in [-0.15, -0.1) is 0 Å². The second-order valence-corrected chi connectivity index (χ2v) is 9.01. The molecule has 2 heterocycles. The number of amides is 1. The Kier molecular flexibility index (Phi) is 5.67. The van der Waals surface area contributed by atoms with Gasteiger partial charge in [-0.3, -0.25) is 4.79 Å². The number of fused-ring (bicyclic) bond motifs is 1. The fourth-order valence-electron chi connectivity index (χ4n) is 4.63. The SMILES string of the molecule is C[C@@H]1CCC[C@](O)(CNC(=O)c2c(Cl)ccc3nc(N4CCC(F)C4)ccc23)C1. The van der Waals surface area contributed by atoms with Crippen LogP contribution in [-0.4, -0.2) is 47.4 Å². The van der Waals surface area contributed by atoms with Crippen LogP contribution in [0.3, 0.4) is 0 Å². The third-order valence-corrected chi connectivity index (χ3v) is 6.45. The number of nitrogens with one attached hydrogen (secondary N) is 1. The molecule has 2 fully saturated rings. The van der Waals surface area contributed by atoms with Crippen molar-refractivity contribution in [3.63, 3.8) is 0 Å². The Bertz CT molecular complexity index is 924. The van der Waals surface area contributed by atoms with Crippen LogP contribution in [0.1, 0.15) is 49.4 Å². The predicted molar refractivity (Wildman–Crippen MR) is 113 cm³/mol. The van der Waals surface area contributed by atoms with E-state index in [0.717, 1.165) is 12.8 Å². The first-order valence-electron chi connectivity index (χ1n) is 10.3. The summed E-state index contributed by atoms with van der Waals surface area (Å²) in [5.74, 6) is 0.840. The summed E-state index contributed by atoms with van der Waals surface area (Å²) >= 11 is 6.35. The van der Waals surface area contributed by atoms with Crippen molar-refractivity contribution >= 4 is 34.2 Å². The maximum Gasteiger partial charge on any atom is 0.253 e. The zero-order valence-corrected chi connectivity index (χ0v) is 17.4. The highest BCUT2D eigenvalue weighted by Crippen LogP contribution is 2.32. The van der Waals surface area contributed by atoms with Crippen molar-refractivity contribution in [2.75, 3.05) is 24.5 Å². The van der Waals surface area contributed by atoms with Crippen molar-refractivity contribution in [3.05, 3.63) is 34.9 Å². The van der Waals surface area contributed by atoms with Gasteiger partial charge in [-0.25, -0.2) is 9.37 Å². The van der Waals surface area contributed by atoms with E-state index in [1.54, 1.807) is 12.1 Å². The number of hydrogen-bond donors (Lipinski definition) is 2. The molecule has 1 aromatic carbocycles. The highest BCUT2D eigenvalue weighted by atomic mass is 35.5. The van der Waals surface area contributed by atoms with Gasteiger partial charge < -0.3 is 15.3 Å². The minimum Gasteiger partial charge on any atom is -0.388 e. The Hall–Kier alpha value is -1.92. The lowest BCUT2D eigenvalue weighted by Crippen LogP contribution is -2.45. The molecule has 4 rings (SSSR count). The van der Waals surface area contributed by atoms with E-state index < -0.39 is 11.8 Å². The largest absolute Gasteiger partial charge is 0.388 e. The summed E-state index contributed by atoms with van der Waals surface area (Å²) in [7, 11) is 0. The van der Waals surface area contributed by atoms with Crippen LogP contribution >= 0.6 is 11.6 Å². The molecule has 1 aliphatic carbocycles. The number of carbonyl (C=O) groups is 1. The lowest BCUT2D eigenvalue weighted by Gasteiger charge is -2.35. The molecule has 29 heavy (non-hydrogen) atoms. The van der Waals surface area contributed by atoms with E-state index >= 15 is 0 Å². The molecule has 3 atom stereocenters. The lowest BCUT2D eigenvalue weighted by atomic mass is 9.79. The third-order valence-electron chi connectivity index (χ3n) is 6.13. The molecular weight excluding hydrogens is 393 g/mol. The van der Waals surface area contributed by atoms with E-state index in [1.165, 1.54) is 0 Å². The molecule has 2 aliphatic rings. The predicted octanol–water partition coefficient (Wildman–Crippen LogP) is 4.11. The number of benzene rings is 1. The number of aromatic nitrogens is 1. The molecule has 5 nitrogen and oxygen atoms in total. The van der Waals surface area contributed by atoms with Crippen LogP contribution in [0, 0.1) is 5.92 Å². The molecule has 1 saturated carbocycles. The molecule has 0 bridgehead atoms. The summed E-state index contributed by atoms with van der Waals surface area (Å²) in [4.78, 5) is 19.5. The van der Waals surface area contributed by atoms with Gasteiger partial charge in [0, 0.05) is 18.5 Å². The quantitative estimate of drug-likeness (QED) is 0.782. The molecule has 156 valence electrons. The zero-order valence-electron chi connectivity index (χ0n) is 16.6. The van der Waals surface area contributed by atoms with Crippen LogP contribution < -0.4 is 10.2 Å². The van der Waals surface area contributed by atoms with Gasteiger partial charge in [0.25, 0.3) is 5.91 Å². The number of alkyl halides is 1. The summed E-state index contributed by atoms with van der Waals surface area (Å²) in [6, 6.07) is 7.07. The molecule has 2 aromatic rings. The highest BCUT2D eigenvalue weighted by molar-refractivity contribution is 6.35. The van der Waals surface area contributed by atoms with Gasteiger partial charge in [0.1, 0.15) is 12.0 Å². The minimum absolute atomic E-state index is 0.208. The average molecular weight is 420 g/mol. The fourth-order valence-corrected chi connectivity index (χ4v) is 4.88. The number of rotatable bonds is 4. The summed E-state index contributed by atoms with van der Waals surface area (Å²) in [5.41, 5.74) is 0.138. The normalized spacial score (nSPS) is 27.4. The first kappa shape index (κ1) is 20.4. The maximum atomic E-state index is 13.5. The van der Waals surface area contributed by atoms with E-state index in [1.807, 2.05) is 17.0 Å². The standard InChI is InChI=1S/C22H27ClFN3O2/c1-14-3-2-9-22(29,11-14)13-25-21(28)20-16-4-7-19(27-10-8-15(24)12-27)26-18(16)6-5-17(20)23/h4-7,14-15,29H,2-3,8-13H2,1H3,(H,25,28)/t14-,15?,22-/m1/s1. The first-order valence-corrected chi connectivity index (χ1v) is 10.7. The van der Waals surface area contributed by atoms with Crippen LogP contribution in [0.5, 0.6) is 0 Å². The Morgan fingerprint density at radius 2 is 2.21 bits per heavy atom. The number of aliphatic hydroxyl groups is 1. The summed E-state index contributed by atoms with van der Waals surface area (Å²) in [6.07, 6.45) is 3.14. The minimum atomic E-state index is -0.867. The number of anilines is 1. The van der Waals surface area contributed by atoms with Crippen molar-refractivity contribution in [2.45, 2.75) is 50.8 Å². The Balaban J connectivity index is 1.56. The summed E-state index contributed by atoms with van der Waals surface area (Å²) in [5, 5.41) is 14.7. The van der Waals surface area contributed by atoms with Gasteiger partial charge in [0.05, 0.1) is 28.2 Å². The van der Waals surface area contributed by atoms with E-state index in [0.29, 0.717) is 65.6 Å². The Morgan fingerprint density at radius 3 is 2.93 bits per heavy atom. The van der Waals surface area contributed by atoms with Crippen LogP contribution in [0.2, 0.25) is 5.02 Å². The molecule has 1 unspecified atom stereocenters. The Morgan fingerprint density at radius 1 is 1.38 bits per heavy atom. The fraction of sp³-hybridized carbons (Fsp3) is 0.545. The van der Waals surface area contributed by atoms with Crippen molar-refractivity contribution in [1.82, 2.24) is 10.3 Å². The van der Waals surface area contributed by atoms with Crippen LogP contribution in [0.4, 0.5) is 10.2 Å². The van der Waals surface area contributed by atoms with Crippen LogP contribution in [0.25, 0.3) is 10.9 Å². The number of pyridine rings is 1. The van der Waals surface area contributed by atoms with Gasteiger partial charge in [-0.1, -0.05) is 31.4 Å². The Labute approximate surface area is 175 Å².